The first-order valence-electron chi connectivity index (χ1n) is 6.39. The Morgan fingerprint density at radius 1 is 1.18 bits per heavy atom. The summed E-state index contributed by atoms with van der Waals surface area (Å²) in [6.07, 6.45) is 4.84. The van der Waals surface area contributed by atoms with E-state index in [1.165, 1.54) is 30.4 Å². The van der Waals surface area contributed by atoms with Crippen LogP contribution in [0.25, 0.3) is 0 Å². The summed E-state index contributed by atoms with van der Waals surface area (Å²) in [7, 11) is 0. The van der Waals surface area contributed by atoms with E-state index in [1.807, 2.05) is 6.07 Å². The average Bonchev–Trinajstić information content (AvgIpc) is 2.36. The number of hydrogen-bond acceptors (Lipinski definition) is 1. The van der Waals surface area contributed by atoms with Gasteiger partial charge in [0.15, 0.2) is 5.78 Å². The molecule has 1 nitrogen and oxygen atoms in total. The van der Waals surface area contributed by atoms with E-state index < -0.39 is 0 Å². The molecule has 0 N–H and O–H groups in total. The molecule has 0 saturated heterocycles. The Morgan fingerprint density at radius 2 is 1.82 bits per heavy atom. The molecule has 1 unspecified atom stereocenters. The first kappa shape index (κ1) is 12.8. The van der Waals surface area contributed by atoms with Crippen LogP contribution in [0.1, 0.15) is 48.2 Å². The normalized spacial score (nSPS) is 16.7. The van der Waals surface area contributed by atoms with Crippen molar-refractivity contribution in [1.29, 1.82) is 0 Å². The van der Waals surface area contributed by atoms with Gasteiger partial charge in [0, 0.05) is 5.56 Å². The zero-order chi connectivity index (χ0) is 12.4. The third kappa shape index (κ3) is 2.79. The van der Waals surface area contributed by atoms with Crippen molar-refractivity contribution in [2.45, 2.75) is 44.4 Å². The highest BCUT2D eigenvalue weighted by Crippen LogP contribution is 2.24. The van der Waals surface area contributed by atoms with Crippen LogP contribution in [0.5, 0.6) is 0 Å². The molecule has 0 spiro atoms. The molecule has 1 aliphatic carbocycles. The predicted octanol–water partition coefficient (Wildman–Crippen LogP) is 4.17. The fourth-order valence-electron chi connectivity index (χ4n) is 2.35. The predicted molar refractivity (Wildman–Crippen MR) is 75.0 cm³/mol. The maximum Gasteiger partial charge on any atom is 0.176 e. The number of aryl methyl sites for hydroxylation is 2. The molecule has 17 heavy (non-hydrogen) atoms. The molecule has 0 aliphatic heterocycles. The number of ketones is 1. The fourth-order valence-corrected chi connectivity index (χ4v) is 2.61. The van der Waals surface area contributed by atoms with Gasteiger partial charge in [-0.2, -0.15) is 0 Å². The highest BCUT2D eigenvalue weighted by Gasteiger charge is 2.21. The van der Waals surface area contributed by atoms with E-state index in [1.54, 1.807) is 0 Å². The van der Waals surface area contributed by atoms with Gasteiger partial charge < -0.3 is 0 Å². The Balaban J connectivity index is 2.25. The summed E-state index contributed by atoms with van der Waals surface area (Å²) in [6, 6.07) is 6.23. The number of alkyl halides is 1. The Morgan fingerprint density at radius 3 is 2.47 bits per heavy atom. The third-order valence-electron chi connectivity index (χ3n) is 3.47. The molecule has 0 heterocycles. The van der Waals surface area contributed by atoms with E-state index >= 15 is 0 Å². The molecule has 92 valence electrons. The molecule has 0 radical (unpaired) electrons. The molecule has 0 aromatic heterocycles. The van der Waals surface area contributed by atoms with Crippen LogP contribution in [0.3, 0.4) is 0 Å². The van der Waals surface area contributed by atoms with E-state index in [0.29, 0.717) is 5.92 Å². The summed E-state index contributed by atoms with van der Waals surface area (Å²) in [6.45, 7) is 4.13. The van der Waals surface area contributed by atoms with Crippen LogP contribution in [-0.2, 0) is 12.8 Å². The van der Waals surface area contributed by atoms with Gasteiger partial charge in [0.05, 0.1) is 4.83 Å². The number of Topliss-reactive ketones (excluding diaryl/α,β-unsaturated/α-hetero) is 1. The molecule has 0 fully saturated rings. The standard InChI is InChI=1S/C15H19BrO/c1-10(2)14(16)15(17)13-8-7-11-5-3-4-6-12(11)9-13/h7-10,14H,3-6H2,1-2H3. The maximum absolute atomic E-state index is 12.2. The Labute approximate surface area is 112 Å². The molecule has 0 bridgehead atoms. The second-order valence-electron chi connectivity index (χ2n) is 5.20. The van der Waals surface area contributed by atoms with Gasteiger partial charge in [-0.05, 0) is 48.8 Å². The molecule has 1 atom stereocenters. The number of rotatable bonds is 3. The van der Waals surface area contributed by atoms with Gasteiger partial charge in [-0.25, -0.2) is 0 Å². The molecule has 0 saturated carbocycles. The van der Waals surface area contributed by atoms with E-state index in [0.717, 1.165) is 12.0 Å². The summed E-state index contributed by atoms with van der Waals surface area (Å²) in [4.78, 5) is 12.2. The first-order valence-corrected chi connectivity index (χ1v) is 7.31. The van der Waals surface area contributed by atoms with Crippen molar-refractivity contribution in [2.24, 2.45) is 5.92 Å². The third-order valence-corrected chi connectivity index (χ3v) is 4.94. The van der Waals surface area contributed by atoms with Crippen LogP contribution in [-0.4, -0.2) is 10.6 Å². The average molecular weight is 295 g/mol. The largest absolute Gasteiger partial charge is 0.293 e. The number of carbonyl (C=O) groups excluding carboxylic acids is 1. The van der Waals surface area contributed by atoms with Gasteiger partial charge in [0.2, 0.25) is 0 Å². The minimum absolute atomic E-state index is 0.0656. The molecular weight excluding hydrogens is 276 g/mol. The van der Waals surface area contributed by atoms with Crippen LogP contribution in [0.2, 0.25) is 0 Å². The van der Waals surface area contributed by atoms with Crippen LogP contribution in [0, 0.1) is 5.92 Å². The minimum atomic E-state index is -0.0656. The lowest BCUT2D eigenvalue weighted by Gasteiger charge is -2.18. The SMILES string of the molecule is CC(C)C(Br)C(=O)c1ccc2c(c1)CCCC2. The molecule has 1 aliphatic rings. The smallest absolute Gasteiger partial charge is 0.176 e. The minimum Gasteiger partial charge on any atom is -0.293 e. The molecule has 2 heteroatoms. The summed E-state index contributed by atoms with van der Waals surface area (Å²) in [5, 5.41) is 0. The van der Waals surface area contributed by atoms with Crippen molar-refractivity contribution >= 4 is 21.7 Å². The van der Waals surface area contributed by atoms with Gasteiger partial charge in [-0.1, -0.05) is 41.9 Å². The number of hydrogen-bond donors (Lipinski definition) is 0. The molecule has 1 aromatic rings. The first-order chi connectivity index (χ1) is 8.09. The van der Waals surface area contributed by atoms with Crippen molar-refractivity contribution in [3.05, 3.63) is 34.9 Å². The zero-order valence-corrected chi connectivity index (χ0v) is 12.1. The summed E-state index contributed by atoms with van der Waals surface area (Å²) < 4.78 is 0. The van der Waals surface area contributed by atoms with Crippen molar-refractivity contribution < 1.29 is 4.79 Å². The van der Waals surface area contributed by atoms with Crippen LogP contribution in [0.4, 0.5) is 0 Å². The monoisotopic (exact) mass is 294 g/mol. The van der Waals surface area contributed by atoms with Crippen LogP contribution in [0.15, 0.2) is 18.2 Å². The van der Waals surface area contributed by atoms with Gasteiger partial charge in [0.25, 0.3) is 0 Å². The number of fused-ring (bicyclic) bond motifs is 1. The molecule has 2 rings (SSSR count). The Bertz CT molecular complexity index is 423. The van der Waals surface area contributed by atoms with Crippen molar-refractivity contribution in [2.75, 3.05) is 0 Å². The van der Waals surface area contributed by atoms with Gasteiger partial charge in [0.1, 0.15) is 0 Å². The van der Waals surface area contributed by atoms with Crippen molar-refractivity contribution in [1.82, 2.24) is 0 Å². The van der Waals surface area contributed by atoms with E-state index in [4.69, 9.17) is 0 Å². The number of carbonyl (C=O) groups is 1. The molecular formula is C15H19BrO. The topological polar surface area (TPSA) is 17.1 Å². The second kappa shape index (κ2) is 5.34. The quantitative estimate of drug-likeness (QED) is 0.604. The van der Waals surface area contributed by atoms with Crippen molar-refractivity contribution in [3.8, 4) is 0 Å². The summed E-state index contributed by atoms with van der Waals surface area (Å²) in [5.74, 6) is 0.548. The molecule has 1 aromatic carbocycles. The number of halogens is 1. The highest BCUT2D eigenvalue weighted by molar-refractivity contribution is 9.10. The van der Waals surface area contributed by atoms with E-state index in [9.17, 15) is 4.79 Å². The lowest BCUT2D eigenvalue weighted by atomic mass is 9.89. The zero-order valence-electron chi connectivity index (χ0n) is 10.5. The fraction of sp³-hybridized carbons (Fsp3) is 0.533. The van der Waals surface area contributed by atoms with Crippen molar-refractivity contribution in [3.63, 3.8) is 0 Å². The molecule has 0 amide bonds. The summed E-state index contributed by atoms with van der Waals surface area (Å²) in [5.41, 5.74) is 3.68. The second-order valence-corrected chi connectivity index (χ2v) is 6.19. The summed E-state index contributed by atoms with van der Waals surface area (Å²) >= 11 is 3.49. The lowest BCUT2D eigenvalue weighted by molar-refractivity contribution is 0.0978. The van der Waals surface area contributed by atoms with Gasteiger partial charge in [-0.3, -0.25) is 4.79 Å². The van der Waals surface area contributed by atoms with E-state index in [-0.39, 0.29) is 10.6 Å². The van der Waals surface area contributed by atoms with Crippen LogP contribution < -0.4 is 0 Å². The van der Waals surface area contributed by atoms with Crippen LogP contribution >= 0.6 is 15.9 Å². The van der Waals surface area contributed by atoms with Gasteiger partial charge >= 0.3 is 0 Å². The highest BCUT2D eigenvalue weighted by atomic mass is 79.9. The number of benzene rings is 1. The lowest BCUT2D eigenvalue weighted by Crippen LogP contribution is -2.20. The van der Waals surface area contributed by atoms with E-state index in [2.05, 4.69) is 41.9 Å². The Kier molecular flexibility index (Phi) is 4.03. The Hall–Kier alpha value is -0.630. The maximum atomic E-state index is 12.2. The van der Waals surface area contributed by atoms with Gasteiger partial charge in [-0.15, -0.1) is 0 Å².